The molecule has 0 N–H and O–H groups in total. The van der Waals surface area contributed by atoms with Crippen LogP contribution in [0.1, 0.15) is 42.3 Å². The van der Waals surface area contributed by atoms with E-state index >= 15 is 0 Å². The van der Waals surface area contributed by atoms with Crippen LogP contribution in [-0.4, -0.2) is 44.4 Å². The second kappa shape index (κ2) is 7.51. The van der Waals surface area contributed by atoms with Gasteiger partial charge >= 0.3 is 11.9 Å². The standard InChI is InChI=1S/C19H19F5N4O2/c20-12-6-7-26(10-12)17(29)15-2-1-3-16-25-27(18(30)28(15)16)9-11-4-5-14(21)13(8-11)19(22,23)24/h4-5,8,12,15H,1-3,6-7,9-10H2/t12-,15-/m0/s1. The van der Waals surface area contributed by atoms with Crippen LogP contribution in [0.5, 0.6) is 0 Å². The lowest BCUT2D eigenvalue weighted by molar-refractivity contribution is -0.140. The van der Waals surface area contributed by atoms with Gasteiger partial charge in [0.2, 0.25) is 5.91 Å². The predicted octanol–water partition coefficient (Wildman–Crippen LogP) is 2.70. The van der Waals surface area contributed by atoms with E-state index in [-0.39, 0.29) is 37.5 Å². The first-order valence-corrected chi connectivity index (χ1v) is 9.62. The van der Waals surface area contributed by atoms with E-state index in [9.17, 15) is 31.5 Å². The highest BCUT2D eigenvalue weighted by molar-refractivity contribution is 5.81. The molecular weight excluding hydrogens is 411 g/mol. The van der Waals surface area contributed by atoms with E-state index in [1.54, 1.807) is 0 Å². The van der Waals surface area contributed by atoms with Gasteiger partial charge in [0.05, 0.1) is 18.7 Å². The average molecular weight is 430 g/mol. The molecule has 1 aromatic heterocycles. The van der Waals surface area contributed by atoms with Crippen molar-refractivity contribution in [1.82, 2.24) is 19.2 Å². The maximum absolute atomic E-state index is 13.5. The van der Waals surface area contributed by atoms with Crippen LogP contribution in [0, 0.1) is 5.82 Å². The first-order valence-electron chi connectivity index (χ1n) is 9.62. The largest absolute Gasteiger partial charge is 0.419 e. The molecule has 0 radical (unpaired) electrons. The second-order valence-electron chi connectivity index (χ2n) is 7.62. The monoisotopic (exact) mass is 430 g/mol. The minimum Gasteiger partial charge on any atom is -0.338 e. The zero-order valence-electron chi connectivity index (χ0n) is 15.8. The minimum atomic E-state index is -4.86. The Kier molecular flexibility index (Phi) is 5.15. The van der Waals surface area contributed by atoms with E-state index in [2.05, 4.69) is 5.10 Å². The van der Waals surface area contributed by atoms with Crippen LogP contribution in [-0.2, 0) is 23.9 Å². The number of aromatic nitrogens is 3. The van der Waals surface area contributed by atoms with Gasteiger partial charge < -0.3 is 4.90 Å². The Labute approximate surface area is 167 Å². The summed E-state index contributed by atoms with van der Waals surface area (Å²) in [6, 6.07) is 1.70. The van der Waals surface area contributed by atoms with Crippen LogP contribution in [0.15, 0.2) is 23.0 Å². The summed E-state index contributed by atoms with van der Waals surface area (Å²) in [6.45, 7) is -0.0206. The maximum Gasteiger partial charge on any atom is 0.419 e. The molecule has 0 saturated carbocycles. The zero-order valence-corrected chi connectivity index (χ0v) is 15.8. The predicted molar refractivity (Wildman–Crippen MR) is 95.1 cm³/mol. The van der Waals surface area contributed by atoms with E-state index in [0.29, 0.717) is 37.2 Å². The number of halogens is 5. The van der Waals surface area contributed by atoms with Crippen molar-refractivity contribution in [3.63, 3.8) is 0 Å². The summed E-state index contributed by atoms with van der Waals surface area (Å²) in [5, 5.41) is 4.18. The van der Waals surface area contributed by atoms with Crippen molar-refractivity contribution in [1.29, 1.82) is 0 Å². The molecular formula is C19H19F5N4O2. The summed E-state index contributed by atoms with van der Waals surface area (Å²) in [5.74, 6) is -1.39. The van der Waals surface area contributed by atoms with Gasteiger partial charge in [-0.15, -0.1) is 0 Å². The Morgan fingerprint density at radius 1 is 1.23 bits per heavy atom. The van der Waals surface area contributed by atoms with Crippen molar-refractivity contribution in [3.8, 4) is 0 Å². The van der Waals surface area contributed by atoms with Crippen molar-refractivity contribution in [2.24, 2.45) is 0 Å². The van der Waals surface area contributed by atoms with Crippen molar-refractivity contribution in [2.75, 3.05) is 13.1 Å². The fraction of sp³-hybridized carbons (Fsp3) is 0.526. The molecule has 2 atom stereocenters. The number of hydrogen-bond donors (Lipinski definition) is 0. The Morgan fingerprint density at radius 3 is 2.67 bits per heavy atom. The molecule has 11 heteroatoms. The molecule has 1 aromatic carbocycles. The summed E-state index contributed by atoms with van der Waals surface area (Å²) in [4.78, 5) is 27.1. The Bertz CT molecular complexity index is 1030. The molecule has 4 rings (SSSR count). The molecule has 2 aliphatic rings. The molecule has 1 fully saturated rings. The van der Waals surface area contributed by atoms with Crippen LogP contribution in [0.2, 0.25) is 0 Å². The summed E-state index contributed by atoms with van der Waals surface area (Å²) in [6.07, 6.45) is -4.24. The summed E-state index contributed by atoms with van der Waals surface area (Å²) >= 11 is 0. The SMILES string of the molecule is O=C([C@@H]1CCCc2nn(Cc3ccc(F)c(C(F)(F)F)c3)c(=O)n21)N1CC[C@H](F)C1. The van der Waals surface area contributed by atoms with E-state index in [4.69, 9.17) is 0 Å². The topological polar surface area (TPSA) is 60.1 Å². The summed E-state index contributed by atoms with van der Waals surface area (Å²) < 4.78 is 68.1. The highest BCUT2D eigenvalue weighted by Crippen LogP contribution is 2.32. The van der Waals surface area contributed by atoms with Crippen LogP contribution in [0.25, 0.3) is 0 Å². The van der Waals surface area contributed by atoms with Crippen molar-refractivity contribution in [3.05, 3.63) is 51.5 Å². The smallest absolute Gasteiger partial charge is 0.338 e. The van der Waals surface area contributed by atoms with E-state index in [1.807, 2.05) is 0 Å². The molecule has 0 aliphatic carbocycles. The molecule has 162 valence electrons. The van der Waals surface area contributed by atoms with Gasteiger partial charge in [0.25, 0.3) is 0 Å². The van der Waals surface area contributed by atoms with Crippen LogP contribution >= 0.6 is 0 Å². The number of fused-ring (bicyclic) bond motifs is 1. The quantitative estimate of drug-likeness (QED) is 0.704. The number of carbonyl (C=O) groups is 1. The maximum atomic E-state index is 13.5. The van der Waals surface area contributed by atoms with Gasteiger partial charge in [-0.05, 0) is 37.0 Å². The fourth-order valence-corrected chi connectivity index (χ4v) is 4.06. The molecule has 6 nitrogen and oxygen atoms in total. The third-order valence-electron chi connectivity index (χ3n) is 5.53. The zero-order chi connectivity index (χ0) is 21.6. The molecule has 30 heavy (non-hydrogen) atoms. The molecule has 2 aromatic rings. The van der Waals surface area contributed by atoms with E-state index < -0.39 is 35.5 Å². The fourth-order valence-electron chi connectivity index (χ4n) is 4.06. The lowest BCUT2D eigenvalue weighted by atomic mass is 10.0. The number of alkyl halides is 4. The van der Waals surface area contributed by atoms with Crippen molar-refractivity contribution < 1.29 is 26.7 Å². The van der Waals surface area contributed by atoms with Gasteiger partial charge in [0.15, 0.2) is 0 Å². The number of likely N-dealkylation sites (tertiary alicyclic amines) is 1. The average Bonchev–Trinajstić information content (AvgIpc) is 3.25. The first kappa shape index (κ1) is 20.5. The van der Waals surface area contributed by atoms with Gasteiger partial charge in [0, 0.05) is 13.0 Å². The van der Waals surface area contributed by atoms with Crippen LogP contribution < -0.4 is 5.69 Å². The number of aryl methyl sites for hydroxylation is 1. The number of amides is 1. The third kappa shape index (κ3) is 3.72. The normalized spacial score (nSPS) is 21.7. The Balaban J connectivity index is 1.63. The number of hydrogen-bond acceptors (Lipinski definition) is 3. The van der Waals surface area contributed by atoms with E-state index in [0.717, 1.165) is 10.7 Å². The molecule has 1 saturated heterocycles. The highest BCUT2D eigenvalue weighted by Gasteiger charge is 2.37. The number of carbonyl (C=O) groups excluding carboxylic acids is 1. The van der Waals surface area contributed by atoms with Crippen LogP contribution in [0.4, 0.5) is 22.0 Å². The number of rotatable bonds is 3. The second-order valence-corrected chi connectivity index (χ2v) is 7.62. The Morgan fingerprint density at radius 2 is 2.00 bits per heavy atom. The third-order valence-corrected chi connectivity index (χ3v) is 5.53. The molecule has 3 heterocycles. The first-order chi connectivity index (χ1) is 14.1. The lowest BCUT2D eigenvalue weighted by Gasteiger charge is -2.26. The van der Waals surface area contributed by atoms with Gasteiger partial charge in [-0.1, -0.05) is 6.07 Å². The molecule has 0 bridgehead atoms. The highest BCUT2D eigenvalue weighted by atomic mass is 19.4. The number of benzene rings is 1. The van der Waals surface area contributed by atoms with Crippen LogP contribution in [0.3, 0.4) is 0 Å². The van der Waals surface area contributed by atoms with Crippen molar-refractivity contribution >= 4 is 5.91 Å². The molecule has 0 spiro atoms. The van der Waals surface area contributed by atoms with Gasteiger partial charge in [-0.3, -0.25) is 9.36 Å². The van der Waals surface area contributed by atoms with E-state index in [1.165, 1.54) is 9.47 Å². The van der Waals surface area contributed by atoms with Gasteiger partial charge in [-0.2, -0.15) is 18.3 Å². The molecule has 1 amide bonds. The Hall–Kier alpha value is -2.72. The van der Waals surface area contributed by atoms with Crippen molar-refractivity contribution in [2.45, 2.75) is 50.6 Å². The summed E-state index contributed by atoms with van der Waals surface area (Å²) in [7, 11) is 0. The lowest BCUT2D eigenvalue weighted by Crippen LogP contribution is -2.41. The van der Waals surface area contributed by atoms with Gasteiger partial charge in [-0.25, -0.2) is 18.3 Å². The van der Waals surface area contributed by atoms with Gasteiger partial charge in [0.1, 0.15) is 23.9 Å². The number of nitrogens with zero attached hydrogens (tertiary/aromatic N) is 4. The molecule has 0 unspecified atom stereocenters. The minimum absolute atomic E-state index is 0.0106. The molecule has 2 aliphatic heterocycles. The summed E-state index contributed by atoms with van der Waals surface area (Å²) in [5.41, 5.74) is -1.99.